The van der Waals surface area contributed by atoms with Gasteiger partial charge in [-0.2, -0.15) is 0 Å². The van der Waals surface area contributed by atoms with E-state index in [9.17, 15) is 4.79 Å². The molecule has 0 atom stereocenters. The van der Waals surface area contributed by atoms with Crippen LogP contribution in [-0.2, 0) is 0 Å². The Labute approximate surface area is 103 Å². The number of imidazole rings is 1. The average Bonchev–Trinajstić information content (AvgIpc) is 2.41. The van der Waals surface area contributed by atoms with Crippen LogP contribution in [0.4, 0.5) is 0 Å². The zero-order valence-electron chi connectivity index (χ0n) is 8.21. The van der Waals surface area contributed by atoms with Crippen molar-refractivity contribution < 1.29 is 0 Å². The molecule has 2 aromatic heterocycles. The van der Waals surface area contributed by atoms with Gasteiger partial charge in [0.25, 0.3) is 0 Å². The zero-order chi connectivity index (χ0) is 11.2. The Morgan fingerprint density at radius 2 is 2.13 bits per heavy atom. The Morgan fingerprint density at radius 1 is 1.47 bits per heavy atom. The van der Waals surface area contributed by atoms with Crippen molar-refractivity contribution in [3.8, 4) is 0 Å². The fourth-order valence-corrected chi connectivity index (χ4v) is 2.11. The van der Waals surface area contributed by atoms with Crippen LogP contribution in [0, 0.1) is 0 Å². The van der Waals surface area contributed by atoms with Crippen LogP contribution < -0.4 is 5.69 Å². The lowest BCUT2D eigenvalue weighted by molar-refractivity contribution is 0.598. The number of rotatable bonds is 1. The van der Waals surface area contributed by atoms with Gasteiger partial charge in [0.1, 0.15) is 4.60 Å². The first-order chi connectivity index (χ1) is 7.00. The minimum absolute atomic E-state index is 0.112. The fourth-order valence-electron chi connectivity index (χ4n) is 1.52. The normalized spacial score (nSPS) is 11.5. The first-order valence-corrected chi connectivity index (χ1v) is 6.05. The molecule has 0 aliphatic rings. The fraction of sp³-hybridized carbons (Fsp3) is 0.333. The molecule has 0 aliphatic heterocycles. The van der Waals surface area contributed by atoms with Crippen LogP contribution in [-0.4, -0.2) is 14.5 Å². The molecule has 0 saturated carbocycles. The van der Waals surface area contributed by atoms with E-state index in [1.165, 1.54) is 0 Å². The minimum Gasteiger partial charge on any atom is -0.290 e. The second kappa shape index (κ2) is 3.75. The molecule has 4 nitrogen and oxygen atoms in total. The number of fused-ring (bicyclic) bond motifs is 1. The summed E-state index contributed by atoms with van der Waals surface area (Å²) >= 11 is 6.67. The van der Waals surface area contributed by atoms with E-state index in [2.05, 4.69) is 41.8 Å². The van der Waals surface area contributed by atoms with Gasteiger partial charge in [0.05, 0.1) is 9.99 Å². The Kier molecular flexibility index (Phi) is 2.72. The van der Waals surface area contributed by atoms with E-state index in [1.54, 1.807) is 4.57 Å². The van der Waals surface area contributed by atoms with E-state index in [4.69, 9.17) is 0 Å². The quantitative estimate of drug-likeness (QED) is 0.815. The van der Waals surface area contributed by atoms with Gasteiger partial charge >= 0.3 is 5.69 Å². The monoisotopic (exact) mass is 333 g/mol. The third-order valence-electron chi connectivity index (χ3n) is 2.13. The highest BCUT2D eigenvalue weighted by Crippen LogP contribution is 2.25. The predicted molar refractivity (Wildman–Crippen MR) is 66.1 cm³/mol. The Bertz CT molecular complexity index is 570. The van der Waals surface area contributed by atoms with Crippen LogP contribution in [0.15, 0.2) is 19.9 Å². The number of pyridine rings is 1. The van der Waals surface area contributed by atoms with Crippen molar-refractivity contribution in [2.75, 3.05) is 0 Å². The molecule has 1 N–H and O–H groups in total. The van der Waals surface area contributed by atoms with E-state index in [-0.39, 0.29) is 11.7 Å². The van der Waals surface area contributed by atoms with Crippen molar-refractivity contribution >= 4 is 43.0 Å². The maximum absolute atomic E-state index is 11.6. The van der Waals surface area contributed by atoms with Gasteiger partial charge in [-0.05, 0) is 51.8 Å². The molecule has 2 aromatic rings. The number of nitrogens with one attached hydrogen (secondary N) is 1. The third kappa shape index (κ3) is 1.76. The van der Waals surface area contributed by atoms with Crippen molar-refractivity contribution in [2.24, 2.45) is 0 Å². The summed E-state index contributed by atoms with van der Waals surface area (Å²) in [5, 5.41) is 0. The smallest absolute Gasteiger partial charge is 0.290 e. The van der Waals surface area contributed by atoms with Crippen LogP contribution in [0.1, 0.15) is 19.9 Å². The van der Waals surface area contributed by atoms with Crippen molar-refractivity contribution in [3.05, 3.63) is 25.6 Å². The molecule has 0 bridgehead atoms. The van der Waals surface area contributed by atoms with Crippen LogP contribution in [0.25, 0.3) is 11.2 Å². The number of aromatic nitrogens is 3. The van der Waals surface area contributed by atoms with Gasteiger partial charge in [0.15, 0.2) is 5.65 Å². The molecular weight excluding hydrogens is 326 g/mol. The zero-order valence-corrected chi connectivity index (χ0v) is 11.4. The largest absolute Gasteiger partial charge is 0.327 e. The molecule has 0 fully saturated rings. The lowest BCUT2D eigenvalue weighted by Gasteiger charge is -2.06. The molecule has 0 saturated heterocycles. The SMILES string of the molecule is CC(C)n1c(=O)[nH]c2nc(Br)c(Br)cc21. The molecule has 0 radical (unpaired) electrons. The number of H-pyrrole nitrogens is 1. The summed E-state index contributed by atoms with van der Waals surface area (Å²) in [5.41, 5.74) is 1.28. The average molecular weight is 335 g/mol. The molecule has 0 unspecified atom stereocenters. The number of aromatic amines is 1. The van der Waals surface area contributed by atoms with Crippen molar-refractivity contribution in [3.63, 3.8) is 0 Å². The van der Waals surface area contributed by atoms with Gasteiger partial charge in [0.2, 0.25) is 0 Å². The van der Waals surface area contributed by atoms with Crippen LogP contribution in [0.5, 0.6) is 0 Å². The summed E-state index contributed by atoms with van der Waals surface area (Å²) in [6.45, 7) is 3.93. The van der Waals surface area contributed by atoms with Crippen LogP contribution in [0.2, 0.25) is 0 Å². The molecule has 0 amide bonds. The van der Waals surface area contributed by atoms with E-state index >= 15 is 0 Å². The highest BCUT2D eigenvalue weighted by Gasteiger charge is 2.12. The lowest BCUT2D eigenvalue weighted by atomic mass is 10.3. The van der Waals surface area contributed by atoms with Gasteiger partial charge in [0, 0.05) is 6.04 Å². The number of hydrogen-bond acceptors (Lipinski definition) is 2. The van der Waals surface area contributed by atoms with E-state index in [0.717, 1.165) is 9.99 Å². The second-order valence-corrected chi connectivity index (χ2v) is 5.13. The molecular formula is C9H9Br2N3O. The van der Waals surface area contributed by atoms with E-state index in [0.29, 0.717) is 10.3 Å². The number of hydrogen-bond donors (Lipinski definition) is 1. The first-order valence-electron chi connectivity index (χ1n) is 4.47. The number of halogens is 2. The van der Waals surface area contributed by atoms with Gasteiger partial charge < -0.3 is 0 Å². The van der Waals surface area contributed by atoms with Crippen LogP contribution in [0.3, 0.4) is 0 Å². The summed E-state index contributed by atoms with van der Waals surface area (Å²) in [6, 6.07) is 1.99. The summed E-state index contributed by atoms with van der Waals surface area (Å²) in [6.07, 6.45) is 0. The highest BCUT2D eigenvalue weighted by atomic mass is 79.9. The lowest BCUT2D eigenvalue weighted by Crippen LogP contribution is -2.18. The van der Waals surface area contributed by atoms with Crippen molar-refractivity contribution in [2.45, 2.75) is 19.9 Å². The molecule has 80 valence electrons. The summed E-state index contributed by atoms with van der Waals surface area (Å²) < 4.78 is 3.20. The highest BCUT2D eigenvalue weighted by molar-refractivity contribution is 9.13. The predicted octanol–water partition coefficient (Wildman–Crippen LogP) is 2.83. The van der Waals surface area contributed by atoms with Gasteiger partial charge in [-0.3, -0.25) is 9.55 Å². The molecule has 15 heavy (non-hydrogen) atoms. The van der Waals surface area contributed by atoms with Gasteiger partial charge in [-0.15, -0.1) is 0 Å². The molecule has 0 spiro atoms. The van der Waals surface area contributed by atoms with E-state index < -0.39 is 0 Å². The maximum atomic E-state index is 11.6. The number of nitrogens with zero attached hydrogens (tertiary/aromatic N) is 2. The molecule has 0 aromatic carbocycles. The first kappa shape index (κ1) is 10.9. The van der Waals surface area contributed by atoms with Crippen molar-refractivity contribution in [1.82, 2.24) is 14.5 Å². The Morgan fingerprint density at radius 3 is 2.73 bits per heavy atom. The minimum atomic E-state index is -0.127. The Hall–Kier alpha value is -0.620. The molecule has 0 aliphatic carbocycles. The summed E-state index contributed by atoms with van der Waals surface area (Å²) in [5.74, 6) is 0. The van der Waals surface area contributed by atoms with Crippen molar-refractivity contribution in [1.29, 1.82) is 0 Å². The van der Waals surface area contributed by atoms with Gasteiger partial charge in [-0.25, -0.2) is 9.78 Å². The third-order valence-corrected chi connectivity index (χ3v) is 3.87. The topological polar surface area (TPSA) is 50.7 Å². The molecule has 6 heteroatoms. The van der Waals surface area contributed by atoms with E-state index in [1.807, 2.05) is 19.9 Å². The Balaban J connectivity index is 2.88. The maximum Gasteiger partial charge on any atom is 0.327 e. The second-order valence-electron chi connectivity index (χ2n) is 3.52. The molecule has 2 rings (SSSR count). The van der Waals surface area contributed by atoms with Gasteiger partial charge in [-0.1, -0.05) is 0 Å². The van der Waals surface area contributed by atoms with Crippen LogP contribution >= 0.6 is 31.9 Å². The molecule has 2 heterocycles. The summed E-state index contributed by atoms with van der Waals surface area (Å²) in [4.78, 5) is 18.6. The standard InChI is InChI=1S/C9H9Br2N3O/c1-4(2)14-6-3-5(10)7(11)12-8(6)13-9(14)15/h3-4H,1-2H3,(H,12,13,15). The summed E-state index contributed by atoms with van der Waals surface area (Å²) in [7, 11) is 0.